The van der Waals surface area contributed by atoms with E-state index in [0.717, 1.165) is 26.3 Å². The second kappa shape index (κ2) is 13.6. The summed E-state index contributed by atoms with van der Waals surface area (Å²) >= 11 is 2.54. The summed E-state index contributed by atoms with van der Waals surface area (Å²) in [5, 5.41) is 15.1. The third kappa shape index (κ3) is 7.09. The Bertz CT molecular complexity index is 1920. The first-order valence-electron chi connectivity index (χ1n) is 13.4. The molecule has 45 heavy (non-hydrogen) atoms. The highest BCUT2D eigenvalue weighted by molar-refractivity contribution is 7.99. The van der Waals surface area contributed by atoms with Crippen LogP contribution >= 0.6 is 23.1 Å². The number of benzene rings is 3. The van der Waals surface area contributed by atoms with Gasteiger partial charge in [0.05, 0.1) is 47.3 Å². The van der Waals surface area contributed by atoms with Crippen molar-refractivity contribution < 1.29 is 27.5 Å². The predicted molar refractivity (Wildman–Crippen MR) is 172 cm³/mol. The third-order valence-electron chi connectivity index (χ3n) is 6.50. The zero-order valence-corrected chi connectivity index (χ0v) is 27.1. The van der Waals surface area contributed by atoms with Crippen LogP contribution in [0, 0.1) is 0 Å². The largest absolute Gasteiger partial charge is 0.497 e. The molecule has 0 unspecified atom stereocenters. The lowest BCUT2D eigenvalue weighted by Gasteiger charge is -2.15. The van der Waals surface area contributed by atoms with Gasteiger partial charge in [0.25, 0.3) is 5.91 Å². The number of hydrogen-bond donors (Lipinski definition) is 2. The average Bonchev–Trinajstić information content (AvgIpc) is 3.65. The molecule has 5 rings (SSSR count). The summed E-state index contributed by atoms with van der Waals surface area (Å²) in [4.78, 5) is 30.4. The maximum absolute atomic E-state index is 13.0. The first-order chi connectivity index (χ1) is 21.6. The summed E-state index contributed by atoms with van der Waals surface area (Å²) in [5.41, 5.74) is 1.64. The summed E-state index contributed by atoms with van der Waals surface area (Å²) in [6, 6.07) is 18.5. The molecular formula is C29H29N7O6S3. The van der Waals surface area contributed by atoms with Crippen LogP contribution in [-0.2, 0) is 21.4 Å². The van der Waals surface area contributed by atoms with Crippen LogP contribution in [0.3, 0.4) is 0 Å². The molecule has 0 aliphatic rings. The number of para-hydroxylation sites is 1. The van der Waals surface area contributed by atoms with E-state index >= 15 is 0 Å². The molecule has 0 aliphatic heterocycles. The number of thiazole rings is 1. The van der Waals surface area contributed by atoms with E-state index in [2.05, 4.69) is 25.8 Å². The topological polar surface area (TPSA) is 158 Å². The number of hydrogen-bond acceptors (Lipinski definition) is 11. The van der Waals surface area contributed by atoms with Crippen LogP contribution in [0.15, 0.2) is 76.8 Å². The lowest BCUT2D eigenvalue weighted by Crippen LogP contribution is -2.25. The number of carbonyl (C=O) groups is 2. The van der Waals surface area contributed by atoms with Gasteiger partial charge in [0.2, 0.25) is 15.9 Å². The van der Waals surface area contributed by atoms with E-state index in [0.29, 0.717) is 33.3 Å². The molecule has 0 atom stereocenters. The zero-order valence-electron chi connectivity index (χ0n) is 24.7. The van der Waals surface area contributed by atoms with Gasteiger partial charge < -0.3 is 20.1 Å². The number of fused-ring (bicyclic) bond motifs is 1. The third-order valence-corrected chi connectivity index (χ3v) is 10.2. The molecule has 0 saturated heterocycles. The molecule has 0 fully saturated rings. The number of aromatic nitrogens is 4. The minimum absolute atomic E-state index is 0.0150. The van der Waals surface area contributed by atoms with Gasteiger partial charge in [0, 0.05) is 25.7 Å². The quantitative estimate of drug-likeness (QED) is 0.188. The first-order valence-corrected chi connectivity index (χ1v) is 16.6. The zero-order chi connectivity index (χ0) is 32.1. The molecule has 0 spiro atoms. The minimum Gasteiger partial charge on any atom is -0.497 e. The van der Waals surface area contributed by atoms with Gasteiger partial charge >= 0.3 is 0 Å². The van der Waals surface area contributed by atoms with E-state index in [1.54, 1.807) is 29.9 Å². The van der Waals surface area contributed by atoms with Crippen LogP contribution in [0.25, 0.3) is 15.9 Å². The van der Waals surface area contributed by atoms with Crippen molar-refractivity contribution in [2.24, 2.45) is 0 Å². The maximum Gasteiger partial charge on any atom is 0.251 e. The highest BCUT2D eigenvalue weighted by Crippen LogP contribution is 2.32. The monoisotopic (exact) mass is 667 g/mol. The van der Waals surface area contributed by atoms with Gasteiger partial charge in [-0.3, -0.25) is 14.2 Å². The number of anilines is 1. The van der Waals surface area contributed by atoms with Gasteiger partial charge in [-0.25, -0.2) is 17.7 Å². The van der Waals surface area contributed by atoms with Crippen molar-refractivity contribution >= 4 is 60.3 Å². The Kier molecular flexibility index (Phi) is 9.67. The number of nitrogens with one attached hydrogen (secondary N) is 2. The second-order valence-electron chi connectivity index (χ2n) is 9.59. The molecule has 0 aliphatic carbocycles. The Labute approximate surface area is 267 Å². The summed E-state index contributed by atoms with van der Waals surface area (Å²) < 4.78 is 39.5. The van der Waals surface area contributed by atoms with Gasteiger partial charge in [-0.05, 0) is 48.5 Å². The van der Waals surface area contributed by atoms with Crippen molar-refractivity contribution in [3.8, 4) is 17.2 Å². The lowest BCUT2D eigenvalue weighted by molar-refractivity contribution is -0.113. The standard InChI is InChI=1S/C29H29N7O6S3/c1-35(2)45(39,40)20-12-9-18(10-13-20)27(38)30-16-25-33-34-29(36(25)22-14-11-19(41-3)15-23(22)42-4)43-17-26(37)32-28-31-21-7-5-6-8-24(21)44-28/h5-15H,16-17H2,1-4H3,(H,30,38)(H,31,32,37). The lowest BCUT2D eigenvalue weighted by atomic mass is 10.2. The van der Waals surface area contributed by atoms with E-state index < -0.39 is 15.9 Å². The highest BCUT2D eigenvalue weighted by atomic mass is 32.2. The van der Waals surface area contributed by atoms with Crippen LogP contribution < -0.4 is 20.1 Å². The molecule has 0 saturated carbocycles. The number of amides is 2. The molecule has 0 bridgehead atoms. The van der Waals surface area contributed by atoms with Crippen molar-refractivity contribution in [1.29, 1.82) is 0 Å². The van der Waals surface area contributed by atoms with E-state index in [9.17, 15) is 18.0 Å². The van der Waals surface area contributed by atoms with Crippen molar-refractivity contribution in [3.05, 3.63) is 78.1 Å². The van der Waals surface area contributed by atoms with Gasteiger partial charge in [-0.15, -0.1) is 10.2 Å². The van der Waals surface area contributed by atoms with E-state index in [-0.39, 0.29) is 28.7 Å². The van der Waals surface area contributed by atoms with Crippen molar-refractivity contribution in [2.75, 3.05) is 39.4 Å². The van der Waals surface area contributed by atoms with Crippen LogP contribution in [-0.4, -0.2) is 78.4 Å². The van der Waals surface area contributed by atoms with Crippen molar-refractivity contribution in [3.63, 3.8) is 0 Å². The predicted octanol–water partition coefficient (Wildman–Crippen LogP) is 3.81. The fourth-order valence-electron chi connectivity index (χ4n) is 4.18. The maximum atomic E-state index is 13.0. The average molecular weight is 668 g/mol. The Hall–Kier alpha value is -4.51. The molecule has 2 N–H and O–H groups in total. The van der Waals surface area contributed by atoms with E-state index in [4.69, 9.17) is 9.47 Å². The van der Waals surface area contributed by atoms with Gasteiger partial charge in [0.1, 0.15) is 11.5 Å². The molecular weight excluding hydrogens is 639 g/mol. The second-order valence-corrected chi connectivity index (χ2v) is 13.7. The Balaban J connectivity index is 1.35. The molecule has 2 amide bonds. The molecule has 5 aromatic rings. The summed E-state index contributed by atoms with van der Waals surface area (Å²) in [5.74, 6) is 0.700. The van der Waals surface area contributed by atoms with E-state index in [1.165, 1.54) is 56.8 Å². The van der Waals surface area contributed by atoms with Gasteiger partial charge in [-0.1, -0.05) is 35.2 Å². The first kappa shape index (κ1) is 31.9. The van der Waals surface area contributed by atoms with Crippen molar-refractivity contribution in [1.82, 2.24) is 29.4 Å². The summed E-state index contributed by atoms with van der Waals surface area (Å²) in [7, 11) is 2.30. The number of thioether (sulfide) groups is 1. The van der Waals surface area contributed by atoms with Crippen LogP contribution in [0.5, 0.6) is 11.5 Å². The van der Waals surface area contributed by atoms with Crippen LogP contribution in [0.1, 0.15) is 16.2 Å². The van der Waals surface area contributed by atoms with Crippen LogP contribution in [0.4, 0.5) is 5.13 Å². The fraction of sp³-hybridized carbons (Fsp3) is 0.207. The van der Waals surface area contributed by atoms with E-state index in [1.807, 2.05) is 24.3 Å². The molecule has 2 aromatic heterocycles. The minimum atomic E-state index is -3.63. The Morgan fingerprint density at radius 1 is 1.00 bits per heavy atom. The normalized spacial score (nSPS) is 11.5. The molecule has 13 nitrogen and oxygen atoms in total. The van der Waals surface area contributed by atoms with Gasteiger partial charge in [0.15, 0.2) is 16.1 Å². The number of ether oxygens (including phenoxy) is 2. The molecule has 2 heterocycles. The number of methoxy groups -OCH3 is 2. The number of sulfonamides is 1. The molecule has 3 aromatic carbocycles. The Morgan fingerprint density at radius 3 is 2.44 bits per heavy atom. The fourth-order valence-corrected chi connectivity index (χ4v) is 6.73. The number of carbonyl (C=O) groups excluding carboxylic acids is 2. The summed E-state index contributed by atoms with van der Waals surface area (Å²) in [6.07, 6.45) is 0. The SMILES string of the molecule is COc1ccc(-n2c(CNC(=O)c3ccc(S(=O)(=O)N(C)C)cc3)nnc2SCC(=O)Nc2nc3ccccc3s2)c(OC)c1. The van der Waals surface area contributed by atoms with Crippen LogP contribution in [0.2, 0.25) is 0 Å². The number of nitrogens with zero attached hydrogens (tertiary/aromatic N) is 5. The molecule has 234 valence electrons. The Morgan fingerprint density at radius 2 is 1.76 bits per heavy atom. The summed E-state index contributed by atoms with van der Waals surface area (Å²) in [6.45, 7) is -0.0305. The van der Waals surface area contributed by atoms with Gasteiger partial charge in [-0.2, -0.15) is 0 Å². The highest BCUT2D eigenvalue weighted by Gasteiger charge is 2.21. The number of rotatable bonds is 12. The van der Waals surface area contributed by atoms with Crippen molar-refractivity contribution in [2.45, 2.75) is 16.6 Å². The molecule has 16 heteroatoms. The smallest absolute Gasteiger partial charge is 0.251 e. The molecule has 0 radical (unpaired) electrons.